The van der Waals surface area contributed by atoms with Gasteiger partial charge in [-0.2, -0.15) is 0 Å². The predicted molar refractivity (Wildman–Crippen MR) is 73.3 cm³/mol. The van der Waals surface area contributed by atoms with Gasteiger partial charge < -0.3 is 4.74 Å². The Balaban J connectivity index is 2.74. The third kappa shape index (κ3) is 2.14. The summed E-state index contributed by atoms with van der Waals surface area (Å²) in [6, 6.07) is 11.7. The lowest BCUT2D eigenvalue weighted by Crippen LogP contribution is -1.95. The minimum atomic E-state index is 0.683. The van der Waals surface area contributed by atoms with E-state index in [0.717, 1.165) is 34.3 Å². The normalized spacial score (nSPS) is 10.2. The third-order valence-corrected chi connectivity index (χ3v) is 3.02. The van der Waals surface area contributed by atoms with Gasteiger partial charge in [0.1, 0.15) is 5.75 Å². The van der Waals surface area contributed by atoms with E-state index in [0.29, 0.717) is 5.56 Å². The zero-order valence-electron chi connectivity index (χ0n) is 10.9. The van der Waals surface area contributed by atoms with Gasteiger partial charge in [0.05, 0.1) is 7.11 Å². The number of aryl methyl sites for hydroxylation is 2. The first kappa shape index (κ1) is 12.4. The van der Waals surface area contributed by atoms with Crippen molar-refractivity contribution in [2.24, 2.45) is 0 Å². The molecule has 0 aromatic heterocycles. The summed E-state index contributed by atoms with van der Waals surface area (Å²) in [4.78, 5) is 11.1. The van der Waals surface area contributed by atoms with Gasteiger partial charge in [0.25, 0.3) is 0 Å². The standard InChI is InChI=1S/C16H16O2/c1-11-8-12(2)16(15(9-11)18-3)14-7-5-4-6-13(14)10-17/h4-10H,1-3H3. The Bertz CT molecular complexity index is 586. The molecule has 0 unspecified atom stereocenters. The van der Waals surface area contributed by atoms with E-state index in [1.54, 1.807) is 7.11 Å². The number of carbonyl (C=O) groups is 1. The summed E-state index contributed by atoms with van der Waals surface area (Å²) in [6.07, 6.45) is 0.883. The van der Waals surface area contributed by atoms with Crippen LogP contribution in [-0.2, 0) is 0 Å². The summed E-state index contributed by atoms with van der Waals surface area (Å²) < 4.78 is 5.44. The quantitative estimate of drug-likeness (QED) is 0.763. The van der Waals surface area contributed by atoms with Crippen molar-refractivity contribution in [3.8, 4) is 16.9 Å². The maximum absolute atomic E-state index is 11.1. The second-order valence-corrected chi connectivity index (χ2v) is 4.36. The van der Waals surface area contributed by atoms with Gasteiger partial charge in [0, 0.05) is 11.1 Å². The Kier molecular flexibility index (Phi) is 3.47. The molecule has 2 nitrogen and oxygen atoms in total. The van der Waals surface area contributed by atoms with Gasteiger partial charge in [-0.25, -0.2) is 0 Å². The topological polar surface area (TPSA) is 26.3 Å². The molecule has 0 saturated carbocycles. The molecule has 18 heavy (non-hydrogen) atoms. The summed E-state index contributed by atoms with van der Waals surface area (Å²) in [7, 11) is 1.65. The zero-order chi connectivity index (χ0) is 13.1. The molecule has 0 fully saturated rings. The minimum absolute atomic E-state index is 0.683. The Hall–Kier alpha value is -2.09. The fourth-order valence-electron chi connectivity index (χ4n) is 2.26. The lowest BCUT2D eigenvalue weighted by molar-refractivity contribution is 0.112. The Labute approximate surface area is 107 Å². The lowest BCUT2D eigenvalue weighted by Gasteiger charge is -2.14. The molecular weight excluding hydrogens is 224 g/mol. The molecule has 0 amide bonds. The smallest absolute Gasteiger partial charge is 0.150 e. The highest BCUT2D eigenvalue weighted by Gasteiger charge is 2.13. The third-order valence-electron chi connectivity index (χ3n) is 3.02. The first-order valence-electron chi connectivity index (χ1n) is 5.87. The predicted octanol–water partition coefficient (Wildman–Crippen LogP) is 3.79. The summed E-state index contributed by atoms with van der Waals surface area (Å²) in [6.45, 7) is 4.07. The van der Waals surface area contributed by atoms with E-state index in [4.69, 9.17) is 4.74 Å². The van der Waals surface area contributed by atoms with Crippen molar-refractivity contribution in [2.75, 3.05) is 7.11 Å². The molecule has 0 heterocycles. The number of benzene rings is 2. The van der Waals surface area contributed by atoms with Crippen LogP contribution in [-0.4, -0.2) is 13.4 Å². The number of aldehydes is 1. The number of rotatable bonds is 3. The largest absolute Gasteiger partial charge is 0.496 e. The molecule has 2 rings (SSSR count). The zero-order valence-corrected chi connectivity index (χ0v) is 10.9. The van der Waals surface area contributed by atoms with Crippen LogP contribution in [0.4, 0.5) is 0 Å². The highest BCUT2D eigenvalue weighted by molar-refractivity contribution is 5.90. The van der Waals surface area contributed by atoms with Gasteiger partial charge >= 0.3 is 0 Å². The minimum Gasteiger partial charge on any atom is -0.496 e. The molecule has 0 N–H and O–H groups in total. The molecule has 0 saturated heterocycles. The number of methoxy groups -OCH3 is 1. The summed E-state index contributed by atoms with van der Waals surface area (Å²) in [5.74, 6) is 0.807. The van der Waals surface area contributed by atoms with Crippen LogP contribution in [0.15, 0.2) is 36.4 Å². The summed E-state index contributed by atoms with van der Waals surface area (Å²) in [5.41, 5.74) is 4.85. The van der Waals surface area contributed by atoms with Gasteiger partial charge in [0.2, 0.25) is 0 Å². The van der Waals surface area contributed by atoms with E-state index in [1.807, 2.05) is 44.2 Å². The molecule has 0 radical (unpaired) electrons. The molecule has 0 atom stereocenters. The first-order chi connectivity index (χ1) is 8.67. The molecule has 2 aromatic carbocycles. The summed E-state index contributed by atoms with van der Waals surface area (Å²) >= 11 is 0. The highest BCUT2D eigenvalue weighted by atomic mass is 16.5. The van der Waals surface area contributed by atoms with E-state index < -0.39 is 0 Å². The van der Waals surface area contributed by atoms with Gasteiger partial charge in [-0.1, -0.05) is 30.3 Å². The van der Waals surface area contributed by atoms with Crippen molar-refractivity contribution in [1.29, 1.82) is 0 Å². The molecular formula is C16H16O2. The average molecular weight is 240 g/mol. The average Bonchev–Trinajstić information content (AvgIpc) is 2.38. The Morgan fingerprint density at radius 2 is 1.83 bits per heavy atom. The number of ether oxygens (including phenoxy) is 1. The lowest BCUT2D eigenvalue weighted by atomic mass is 9.94. The van der Waals surface area contributed by atoms with Crippen LogP contribution in [0.25, 0.3) is 11.1 Å². The van der Waals surface area contributed by atoms with Crippen LogP contribution in [0.1, 0.15) is 21.5 Å². The van der Waals surface area contributed by atoms with Crippen molar-refractivity contribution >= 4 is 6.29 Å². The fourth-order valence-corrected chi connectivity index (χ4v) is 2.26. The number of hydrogen-bond donors (Lipinski definition) is 0. The number of carbonyl (C=O) groups excluding carboxylic acids is 1. The molecule has 2 heteroatoms. The first-order valence-corrected chi connectivity index (χ1v) is 5.87. The molecule has 0 aliphatic rings. The molecule has 2 aromatic rings. The maximum atomic E-state index is 11.1. The molecule has 0 spiro atoms. The van der Waals surface area contributed by atoms with Crippen LogP contribution in [0.3, 0.4) is 0 Å². The van der Waals surface area contributed by atoms with Crippen molar-refractivity contribution in [2.45, 2.75) is 13.8 Å². The van der Waals surface area contributed by atoms with Gasteiger partial charge in [0.15, 0.2) is 6.29 Å². The van der Waals surface area contributed by atoms with E-state index in [1.165, 1.54) is 0 Å². The van der Waals surface area contributed by atoms with Crippen LogP contribution in [0, 0.1) is 13.8 Å². The van der Waals surface area contributed by atoms with Crippen molar-refractivity contribution in [1.82, 2.24) is 0 Å². The molecule has 0 aliphatic heterocycles. The van der Waals surface area contributed by atoms with E-state index in [9.17, 15) is 4.79 Å². The molecule has 0 aliphatic carbocycles. The van der Waals surface area contributed by atoms with Gasteiger partial charge in [-0.15, -0.1) is 0 Å². The maximum Gasteiger partial charge on any atom is 0.150 e. The van der Waals surface area contributed by atoms with Gasteiger partial charge in [-0.3, -0.25) is 4.79 Å². The number of hydrogen-bond acceptors (Lipinski definition) is 2. The fraction of sp³-hybridized carbons (Fsp3) is 0.188. The highest BCUT2D eigenvalue weighted by Crippen LogP contribution is 2.35. The van der Waals surface area contributed by atoms with Crippen LogP contribution in [0.5, 0.6) is 5.75 Å². The van der Waals surface area contributed by atoms with Gasteiger partial charge in [-0.05, 0) is 36.6 Å². The second kappa shape index (κ2) is 5.05. The van der Waals surface area contributed by atoms with Crippen molar-refractivity contribution < 1.29 is 9.53 Å². The second-order valence-electron chi connectivity index (χ2n) is 4.36. The van der Waals surface area contributed by atoms with Crippen LogP contribution >= 0.6 is 0 Å². The van der Waals surface area contributed by atoms with Crippen LogP contribution in [0.2, 0.25) is 0 Å². The van der Waals surface area contributed by atoms with Crippen molar-refractivity contribution in [3.63, 3.8) is 0 Å². The Morgan fingerprint density at radius 3 is 2.50 bits per heavy atom. The Morgan fingerprint density at radius 1 is 1.11 bits per heavy atom. The van der Waals surface area contributed by atoms with E-state index >= 15 is 0 Å². The molecule has 92 valence electrons. The van der Waals surface area contributed by atoms with Crippen LogP contribution < -0.4 is 4.74 Å². The van der Waals surface area contributed by atoms with Crippen molar-refractivity contribution in [3.05, 3.63) is 53.1 Å². The monoisotopic (exact) mass is 240 g/mol. The van der Waals surface area contributed by atoms with E-state index in [-0.39, 0.29) is 0 Å². The SMILES string of the molecule is COc1cc(C)cc(C)c1-c1ccccc1C=O. The van der Waals surface area contributed by atoms with E-state index in [2.05, 4.69) is 6.07 Å². The molecule has 0 bridgehead atoms. The summed E-state index contributed by atoms with van der Waals surface area (Å²) in [5, 5.41) is 0.